The van der Waals surface area contributed by atoms with Crippen molar-refractivity contribution in [3.8, 4) is 0 Å². The standard InChI is InChI=1S/C23H31F3N4O3/c1-14(22-19(26)10-18(25)11-27-22)28-23(32)20(13-29-4-6-33-7-5-29)30-12-16-8-17(24)3-2-15(16)9-21(30)31/h2-3,8,14,18-20,22,27H,4-7,9-13H2,1H3,(H,28,32)/t14-,18?,19?,20-,22?/m0/s1. The van der Waals surface area contributed by atoms with Gasteiger partial charge in [0.15, 0.2) is 0 Å². The fourth-order valence-corrected chi connectivity index (χ4v) is 4.85. The van der Waals surface area contributed by atoms with E-state index in [1.54, 1.807) is 13.0 Å². The molecule has 1 aromatic rings. The number of benzene rings is 1. The van der Waals surface area contributed by atoms with Crippen molar-refractivity contribution in [1.82, 2.24) is 20.4 Å². The summed E-state index contributed by atoms with van der Waals surface area (Å²) in [7, 11) is 0. The van der Waals surface area contributed by atoms with Crippen LogP contribution in [0.3, 0.4) is 0 Å². The molecule has 2 saturated heterocycles. The Labute approximate surface area is 191 Å². The van der Waals surface area contributed by atoms with Gasteiger partial charge in [-0.2, -0.15) is 0 Å². The van der Waals surface area contributed by atoms with E-state index in [0.717, 1.165) is 5.56 Å². The van der Waals surface area contributed by atoms with Gasteiger partial charge in [-0.1, -0.05) is 6.07 Å². The Balaban J connectivity index is 1.51. The first-order valence-corrected chi connectivity index (χ1v) is 11.5. The zero-order valence-corrected chi connectivity index (χ0v) is 18.7. The molecule has 0 aliphatic carbocycles. The predicted octanol–water partition coefficient (Wildman–Crippen LogP) is 0.954. The number of ether oxygens (including phenoxy) is 1. The maximum atomic E-state index is 14.4. The van der Waals surface area contributed by atoms with Crippen LogP contribution in [0.15, 0.2) is 18.2 Å². The van der Waals surface area contributed by atoms with E-state index >= 15 is 0 Å². The summed E-state index contributed by atoms with van der Waals surface area (Å²) in [5.74, 6) is -1.01. The van der Waals surface area contributed by atoms with E-state index in [4.69, 9.17) is 4.74 Å². The second-order valence-electron chi connectivity index (χ2n) is 9.12. The number of piperidine rings is 1. The molecule has 2 fully saturated rings. The van der Waals surface area contributed by atoms with Gasteiger partial charge in [0.25, 0.3) is 0 Å². The Morgan fingerprint density at radius 2 is 2.03 bits per heavy atom. The highest BCUT2D eigenvalue weighted by Gasteiger charge is 2.38. The maximum absolute atomic E-state index is 14.4. The van der Waals surface area contributed by atoms with Crippen LogP contribution in [0.25, 0.3) is 0 Å². The smallest absolute Gasteiger partial charge is 0.244 e. The maximum Gasteiger partial charge on any atom is 0.244 e. The minimum atomic E-state index is -1.42. The summed E-state index contributed by atoms with van der Waals surface area (Å²) in [4.78, 5) is 29.9. The first-order chi connectivity index (χ1) is 15.8. The monoisotopic (exact) mass is 468 g/mol. The number of carbonyl (C=O) groups excluding carboxylic acids is 2. The van der Waals surface area contributed by atoms with Crippen LogP contribution in [-0.4, -0.2) is 91.5 Å². The number of hydrogen-bond donors (Lipinski definition) is 2. The highest BCUT2D eigenvalue weighted by molar-refractivity contribution is 5.89. The van der Waals surface area contributed by atoms with Crippen LogP contribution in [0.2, 0.25) is 0 Å². The number of nitrogens with zero attached hydrogens (tertiary/aromatic N) is 2. The Morgan fingerprint density at radius 1 is 1.27 bits per heavy atom. The minimum absolute atomic E-state index is 0.0372. The number of hydrogen-bond acceptors (Lipinski definition) is 5. The lowest BCUT2D eigenvalue weighted by molar-refractivity contribution is -0.143. The summed E-state index contributed by atoms with van der Waals surface area (Å²) >= 11 is 0. The molecule has 4 rings (SSSR count). The Kier molecular flexibility index (Phi) is 7.55. The summed E-state index contributed by atoms with van der Waals surface area (Å²) < 4.78 is 47.1. The van der Waals surface area contributed by atoms with Crippen LogP contribution >= 0.6 is 0 Å². The first kappa shape index (κ1) is 24.0. The molecular formula is C23H31F3N4O3. The van der Waals surface area contributed by atoms with Gasteiger partial charge in [0.2, 0.25) is 11.8 Å². The van der Waals surface area contributed by atoms with Crippen molar-refractivity contribution in [2.24, 2.45) is 0 Å². The number of amides is 2. The number of carbonyl (C=O) groups is 2. The number of fused-ring (bicyclic) bond motifs is 1. The van der Waals surface area contributed by atoms with Crippen LogP contribution in [0.5, 0.6) is 0 Å². The highest BCUT2D eigenvalue weighted by Crippen LogP contribution is 2.24. The summed E-state index contributed by atoms with van der Waals surface area (Å²) in [6, 6.07) is 2.19. The van der Waals surface area contributed by atoms with E-state index in [0.29, 0.717) is 38.4 Å². The van der Waals surface area contributed by atoms with Gasteiger partial charge in [-0.15, -0.1) is 0 Å². The molecule has 7 nitrogen and oxygen atoms in total. The quantitative estimate of drug-likeness (QED) is 0.651. The summed E-state index contributed by atoms with van der Waals surface area (Å²) in [5, 5.41) is 5.69. The zero-order chi connectivity index (χ0) is 23.5. The van der Waals surface area contributed by atoms with E-state index in [-0.39, 0.29) is 31.8 Å². The lowest BCUT2D eigenvalue weighted by atomic mass is 9.95. The second-order valence-corrected chi connectivity index (χ2v) is 9.12. The topological polar surface area (TPSA) is 73.9 Å². The third-order valence-corrected chi connectivity index (χ3v) is 6.74. The average Bonchev–Trinajstić information content (AvgIpc) is 2.78. The molecule has 0 radical (unpaired) electrons. The van der Waals surface area contributed by atoms with Gasteiger partial charge in [-0.3, -0.25) is 14.5 Å². The molecule has 1 aromatic carbocycles. The van der Waals surface area contributed by atoms with E-state index in [2.05, 4.69) is 15.5 Å². The molecule has 2 N–H and O–H groups in total. The number of morpholine rings is 1. The van der Waals surface area contributed by atoms with Crippen molar-refractivity contribution in [1.29, 1.82) is 0 Å². The van der Waals surface area contributed by atoms with Crippen LogP contribution in [0.1, 0.15) is 24.5 Å². The number of nitrogens with one attached hydrogen (secondary N) is 2. The molecule has 5 atom stereocenters. The van der Waals surface area contributed by atoms with Gasteiger partial charge in [0.1, 0.15) is 24.2 Å². The number of rotatable bonds is 6. The average molecular weight is 469 g/mol. The molecule has 10 heteroatoms. The largest absolute Gasteiger partial charge is 0.379 e. The van der Waals surface area contributed by atoms with Gasteiger partial charge in [-0.25, -0.2) is 13.2 Å². The van der Waals surface area contributed by atoms with Gasteiger partial charge >= 0.3 is 0 Å². The molecule has 182 valence electrons. The molecule has 2 amide bonds. The third-order valence-electron chi connectivity index (χ3n) is 6.74. The van der Waals surface area contributed by atoms with Crippen molar-refractivity contribution in [2.45, 2.75) is 56.8 Å². The Hall–Kier alpha value is -2.17. The lowest BCUT2D eigenvalue weighted by Crippen LogP contribution is -2.62. The van der Waals surface area contributed by atoms with Crippen LogP contribution in [-0.2, 0) is 27.3 Å². The van der Waals surface area contributed by atoms with Crippen LogP contribution in [0, 0.1) is 5.82 Å². The molecule has 0 bridgehead atoms. The molecule has 3 aliphatic heterocycles. The SMILES string of the molecule is C[C@H](NC(=O)[C@H](CN1CCOCC1)N1Cc2cc(F)ccc2CC1=O)C1NCC(F)CC1F. The van der Waals surface area contributed by atoms with Crippen molar-refractivity contribution in [2.75, 3.05) is 39.4 Å². The Bertz CT molecular complexity index is 867. The normalized spacial score (nSPS) is 28.2. The molecule has 3 aliphatic rings. The summed E-state index contributed by atoms with van der Waals surface area (Å²) in [6.45, 7) is 4.45. The van der Waals surface area contributed by atoms with Crippen LogP contribution in [0.4, 0.5) is 13.2 Å². The van der Waals surface area contributed by atoms with Crippen molar-refractivity contribution < 1.29 is 27.5 Å². The van der Waals surface area contributed by atoms with E-state index < -0.39 is 42.2 Å². The van der Waals surface area contributed by atoms with Gasteiger partial charge in [0, 0.05) is 45.2 Å². The third kappa shape index (κ3) is 5.67. The van der Waals surface area contributed by atoms with Crippen molar-refractivity contribution >= 4 is 11.8 Å². The summed E-state index contributed by atoms with van der Waals surface area (Å²) in [6.07, 6.45) is -2.79. The molecule has 0 saturated carbocycles. The van der Waals surface area contributed by atoms with Crippen molar-refractivity contribution in [3.05, 3.63) is 35.1 Å². The first-order valence-electron chi connectivity index (χ1n) is 11.5. The van der Waals surface area contributed by atoms with E-state index in [9.17, 15) is 22.8 Å². The van der Waals surface area contributed by atoms with E-state index in [1.165, 1.54) is 17.0 Å². The van der Waals surface area contributed by atoms with Gasteiger partial charge < -0.3 is 20.3 Å². The minimum Gasteiger partial charge on any atom is -0.379 e. The second kappa shape index (κ2) is 10.4. The molecule has 0 aromatic heterocycles. The number of halogens is 3. The molecule has 0 spiro atoms. The van der Waals surface area contributed by atoms with Crippen molar-refractivity contribution in [3.63, 3.8) is 0 Å². The Morgan fingerprint density at radius 3 is 2.76 bits per heavy atom. The molecular weight excluding hydrogens is 437 g/mol. The van der Waals surface area contributed by atoms with Crippen LogP contribution < -0.4 is 10.6 Å². The fraction of sp³-hybridized carbons (Fsp3) is 0.652. The number of alkyl halides is 2. The fourth-order valence-electron chi connectivity index (χ4n) is 4.85. The predicted molar refractivity (Wildman–Crippen MR) is 116 cm³/mol. The lowest BCUT2D eigenvalue weighted by Gasteiger charge is -2.40. The zero-order valence-electron chi connectivity index (χ0n) is 18.7. The molecule has 3 heterocycles. The van der Waals surface area contributed by atoms with Gasteiger partial charge in [0.05, 0.1) is 25.7 Å². The molecule has 3 unspecified atom stereocenters. The molecule has 33 heavy (non-hydrogen) atoms. The van der Waals surface area contributed by atoms with Gasteiger partial charge in [-0.05, 0) is 30.2 Å². The van der Waals surface area contributed by atoms with E-state index in [1.807, 2.05) is 0 Å². The summed E-state index contributed by atoms with van der Waals surface area (Å²) in [5.41, 5.74) is 1.43. The highest BCUT2D eigenvalue weighted by atomic mass is 19.1.